The Morgan fingerprint density at radius 3 is 2.42 bits per heavy atom. The van der Waals surface area contributed by atoms with Gasteiger partial charge in [-0.25, -0.2) is 4.79 Å². The highest BCUT2D eigenvalue weighted by Crippen LogP contribution is 2.32. The highest BCUT2D eigenvalue weighted by atomic mass is 16.6. The number of ether oxygens (including phenoxy) is 3. The van der Waals surface area contributed by atoms with Crippen molar-refractivity contribution < 1.29 is 38.2 Å². The van der Waals surface area contributed by atoms with Crippen molar-refractivity contribution in [1.29, 1.82) is 0 Å². The first kappa shape index (κ1) is 36.0. The van der Waals surface area contributed by atoms with Gasteiger partial charge in [0.05, 0.1) is 12.6 Å². The first-order valence-electron chi connectivity index (χ1n) is 15.5. The van der Waals surface area contributed by atoms with Crippen LogP contribution in [0.4, 0.5) is 4.79 Å². The molecule has 0 aromatic rings. The quantitative estimate of drug-likeness (QED) is 0.295. The van der Waals surface area contributed by atoms with Crippen molar-refractivity contribution in [1.82, 2.24) is 20.9 Å². The van der Waals surface area contributed by atoms with Gasteiger partial charge in [0.2, 0.25) is 11.8 Å². The Labute approximate surface area is 256 Å². The van der Waals surface area contributed by atoms with E-state index in [2.05, 4.69) is 22.5 Å². The monoisotopic (exact) mass is 608 g/mol. The number of fused-ring (bicyclic) bond motifs is 1. The summed E-state index contributed by atoms with van der Waals surface area (Å²) >= 11 is 0. The second kappa shape index (κ2) is 17.2. The Morgan fingerprint density at radius 1 is 1.12 bits per heavy atom. The molecule has 1 unspecified atom stereocenters. The number of carbonyl (C=O) groups excluding carboxylic acids is 5. The topological polar surface area (TPSA) is 152 Å². The van der Waals surface area contributed by atoms with E-state index in [-0.39, 0.29) is 25.0 Å². The molecule has 4 amide bonds. The molecule has 0 aromatic carbocycles. The predicted octanol–water partition coefficient (Wildman–Crippen LogP) is 2.84. The molecule has 12 heteroatoms. The largest absolute Gasteiger partial charge is 0.450 e. The van der Waals surface area contributed by atoms with E-state index >= 15 is 0 Å². The summed E-state index contributed by atoms with van der Waals surface area (Å²) in [6, 6.07) is -2.73. The molecule has 43 heavy (non-hydrogen) atoms. The van der Waals surface area contributed by atoms with Gasteiger partial charge in [0.15, 0.2) is 6.10 Å². The summed E-state index contributed by atoms with van der Waals surface area (Å²) in [7, 11) is 0. The zero-order chi connectivity index (χ0) is 32.2. The minimum absolute atomic E-state index is 0.0596. The summed E-state index contributed by atoms with van der Waals surface area (Å²) in [6.45, 7) is 14.9. The molecule has 0 saturated carbocycles. The lowest BCUT2D eigenvalue weighted by Crippen LogP contribution is -2.60. The zero-order valence-electron chi connectivity index (χ0n) is 26.7. The fraction of sp³-hybridized carbons (Fsp3) is 0.774. The molecular formula is C31H52N4O8. The van der Waals surface area contributed by atoms with E-state index in [0.717, 1.165) is 25.7 Å². The molecule has 0 spiro atoms. The van der Waals surface area contributed by atoms with Crippen molar-refractivity contribution in [3.8, 4) is 0 Å². The highest BCUT2D eigenvalue weighted by Gasteiger charge is 2.46. The van der Waals surface area contributed by atoms with Gasteiger partial charge in [-0.15, -0.1) is 6.58 Å². The molecule has 2 saturated heterocycles. The van der Waals surface area contributed by atoms with Gasteiger partial charge in [0.1, 0.15) is 17.7 Å². The third-order valence-electron chi connectivity index (χ3n) is 7.60. The number of carbonyl (C=O) groups is 5. The fourth-order valence-corrected chi connectivity index (χ4v) is 5.56. The van der Waals surface area contributed by atoms with Crippen molar-refractivity contribution in [3.63, 3.8) is 0 Å². The number of nitrogens with zero attached hydrogens (tertiary/aromatic N) is 1. The minimum atomic E-state index is -1.25. The van der Waals surface area contributed by atoms with E-state index in [1.165, 1.54) is 17.9 Å². The van der Waals surface area contributed by atoms with E-state index in [1.807, 2.05) is 13.8 Å². The van der Waals surface area contributed by atoms with Crippen LogP contribution in [-0.4, -0.2) is 90.8 Å². The number of alkyl carbamates (subject to hydrolysis) is 1. The van der Waals surface area contributed by atoms with Gasteiger partial charge in [-0.3, -0.25) is 19.2 Å². The van der Waals surface area contributed by atoms with Gasteiger partial charge in [0, 0.05) is 26.6 Å². The molecule has 0 aromatic heterocycles. The van der Waals surface area contributed by atoms with Crippen molar-refractivity contribution >= 4 is 29.8 Å². The lowest BCUT2D eigenvalue weighted by molar-refractivity contribution is -0.157. The highest BCUT2D eigenvalue weighted by molar-refractivity contribution is 5.93. The molecule has 2 aliphatic rings. The molecule has 244 valence electrons. The van der Waals surface area contributed by atoms with Crippen LogP contribution >= 0.6 is 0 Å². The normalized spacial score (nSPS) is 25.2. The molecule has 12 nitrogen and oxygen atoms in total. The number of rotatable bonds is 7. The summed E-state index contributed by atoms with van der Waals surface area (Å²) in [5.41, 5.74) is -0.767. The molecule has 0 radical (unpaired) electrons. The Morgan fingerprint density at radius 2 is 1.79 bits per heavy atom. The van der Waals surface area contributed by atoms with Gasteiger partial charge >= 0.3 is 12.1 Å². The molecule has 2 aliphatic heterocycles. The van der Waals surface area contributed by atoms with E-state index in [9.17, 15) is 24.0 Å². The molecule has 5 atom stereocenters. The summed E-state index contributed by atoms with van der Waals surface area (Å²) < 4.78 is 16.7. The summed E-state index contributed by atoms with van der Waals surface area (Å²) in [6.07, 6.45) is 4.59. The van der Waals surface area contributed by atoms with Crippen LogP contribution in [0.25, 0.3) is 0 Å². The first-order chi connectivity index (χ1) is 20.2. The Hall–Kier alpha value is -3.15. The minimum Gasteiger partial charge on any atom is -0.450 e. The van der Waals surface area contributed by atoms with Crippen LogP contribution in [-0.2, 0) is 33.4 Å². The number of hydrogen-bond donors (Lipinski definition) is 3. The number of esters is 1. The van der Waals surface area contributed by atoms with E-state index < -0.39 is 59.6 Å². The Bertz CT molecular complexity index is 979. The first-order valence-corrected chi connectivity index (χ1v) is 15.5. The molecule has 0 bridgehead atoms. The van der Waals surface area contributed by atoms with Crippen molar-refractivity contribution in [2.45, 2.75) is 116 Å². The summed E-state index contributed by atoms with van der Waals surface area (Å²) in [5.74, 6) is -2.17. The predicted molar refractivity (Wildman–Crippen MR) is 161 cm³/mol. The number of hydrogen-bond acceptors (Lipinski definition) is 8. The van der Waals surface area contributed by atoms with Crippen LogP contribution in [0.5, 0.6) is 0 Å². The second-order valence-corrected chi connectivity index (χ2v) is 12.7. The summed E-state index contributed by atoms with van der Waals surface area (Å²) in [5, 5.41) is 8.31. The lowest BCUT2D eigenvalue weighted by atomic mass is 9.87. The average Bonchev–Trinajstić information content (AvgIpc) is 3.36. The Kier molecular flexibility index (Phi) is 14.4. The SMILES string of the molecule is C=CCNC(=O)C(OC(C)=O)[C@@H]1CCCCCCCOC[C@H](NC(=O)OC(C)(C)C)C(=O)N2CC[C@H](C(C)C)[C@H]2C(=O)N1. The fourth-order valence-electron chi connectivity index (χ4n) is 5.56. The second-order valence-electron chi connectivity index (χ2n) is 12.7. The van der Waals surface area contributed by atoms with Crippen LogP contribution in [0.2, 0.25) is 0 Å². The number of amides is 4. The number of nitrogens with one attached hydrogen (secondary N) is 3. The zero-order valence-corrected chi connectivity index (χ0v) is 26.7. The maximum Gasteiger partial charge on any atom is 0.408 e. The van der Waals surface area contributed by atoms with Crippen molar-refractivity contribution in [2.24, 2.45) is 11.8 Å². The third-order valence-corrected chi connectivity index (χ3v) is 7.60. The molecule has 2 fully saturated rings. The average molecular weight is 609 g/mol. The molecule has 2 heterocycles. The van der Waals surface area contributed by atoms with Gasteiger partial charge < -0.3 is 35.1 Å². The van der Waals surface area contributed by atoms with Gasteiger partial charge in [-0.2, -0.15) is 0 Å². The smallest absolute Gasteiger partial charge is 0.408 e. The van der Waals surface area contributed by atoms with Crippen LogP contribution < -0.4 is 16.0 Å². The summed E-state index contributed by atoms with van der Waals surface area (Å²) in [4.78, 5) is 67.3. The standard InChI is InChI=1S/C31H52N4O8/c1-8-16-32-28(38)26(42-21(4)36)23-14-12-10-9-11-13-18-41-19-24(34-30(40)43-31(5,6)7)29(39)35-17-15-22(20(2)3)25(35)27(37)33-23/h8,20,22-26H,1,9-19H2,2-7H3,(H,32,38)(H,33,37)(H,34,40)/t22-,23+,24+,25+,26?/m1/s1. The van der Waals surface area contributed by atoms with Crippen LogP contribution in [0.3, 0.4) is 0 Å². The van der Waals surface area contributed by atoms with Crippen LogP contribution in [0, 0.1) is 11.8 Å². The molecule has 3 N–H and O–H groups in total. The van der Waals surface area contributed by atoms with Crippen molar-refractivity contribution in [3.05, 3.63) is 12.7 Å². The maximum atomic E-state index is 14.1. The van der Waals surface area contributed by atoms with Gasteiger partial charge in [-0.1, -0.05) is 45.6 Å². The van der Waals surface area contributed by atoms with Gasteiger partial charge in [-0.05, 0) is 51.9 Å². The molecule has 2 rings (SSSR count). The maximum absolute atomic E-state index is 14.1. The van der Waals surface area contributed by atoms with E-state index in [0.29, 0.717) is 32.4 Å². The van der Waals surface area contributed by atoms with E-state index in [1.54, 1.807) is 20.8 Å². The van der Waals surface area contributed by atoms with Gasteiger partial charge in [0.25, 0.3) is 5.91 Å². The van der Waals surface area contributed by atoms with Crippen LogP contribution in [0.1, 0.15) is 86.5 Å². The van der Waals surface area contributed by atoms with Crippen molar-refractivity contribution in [2.75, 3.05) is 26.3 Å². The van der Waals surface area contributed by atoms with E-state index in [4.69, 9.17) is 14.2 Å². The lowest BCUT2D eigenvalue weighted by Gasteiger charge is -2.34. The third kappa shape index (κ3) is 11.8. The Balaban J connectivity index is 2.44. The molecular weight excluding hydrogens is 556 g/mol. The molecule has 0 aliphatic carbocycles. The van der Waals surface area contributed by atoms with Crippen LogP contribution in [0.15, 0.2) is 12.7 Å².